The molecule has 158 valence electrons. The molecule has 5 rings (SSSR count). The van der Waals surface area contributed by atoms with Crippen LogP contribution in [0, 0.1) is 0 Å². The number of carbonyl (C=O) groups is 1. The van der Waals surface area contributed by atoms with Crippen molar-refractivity contribution in [3.8, 4) is 11.6 Å². The highest BCUT2D eigenvalue weighted by Crippen LogP contribution is 2.27. The Morgan fingerprint density at radius 3 is 2.53 bits per heavy atom. The number of nitrogens with zero attached hydrogens (tertiary/aromatic N) is 4. The lowest BCUT2D eigenvalue weighted by atomic mass is 10.1. The molecule has 0 unspecified atom stereocenters. The fourth-order valence-electron chi connectivity index (χ4n) is 3.33. The predicted molar refractivity (Wildman–Crippen MR) is 121 cm³/mol. The van der Waals surface area contributed by atoms with Gasteiger partial charge in [0.15, 0.2) is 11.5 Å². The van der Waals surface area contributed by atoms with Crippen LogP contribution >= 0.6 is 11.8 Å². The summed E-state index contributed by atoms with van der Waals surface area (Å²) < 4.78 is 7.19. The summed E-state index contributed by atoms with van der Waals surface area (Å²) >= 11 is 1.15. The number of aromatic amines is 1. The van der Waals surface area contributed by atoms with Crippen LogP contribution in [0.1, 0.15) is 16.1 Å². The Balaban J connectivity index is 1.48. The fraction of sp³-hybridized carbons (Fsp3) is 0.0870. The number of H-pyrrole nitrogens is 1. The summed E-state index contributed by atoms with van der Waals surface area (Å²) in [5.41, 5.74) is 1.70. The van der Waals surface area contributed by atoms with Crippen LogP contribution in [0.5, 0.6) is 0 Å². The number of benzene rings is 2. The molecule has 0 spiro atoms. The molecule has 32 heavy (non-hydrogen) atoms. The molecule has 3 heterocycles. The van der Waals surface area contributed by atoms with Crippen LogP contribution in [0.15, 0.2) is 87.4 Å². The van der Waals surface area contributed by atoms with E-state index in [2.05, 4.69) is 20.3 Å². The zero-order valence-corrected chi connectivity index (χ0v) is 17.6. The molecule has 9 heteroatoms. The van der Waals surface area contributed by atoms with E-state index in [1.54, 1.807) is 30.5 Å². The lowest BCUT2D eigenvalue weighted by Gasteiger charge is -2.09. The van der Waals surface area contributed by atoms with Crippen LogP contribution in [0.3, 0.4) is 0 Å². The standard InChI is InChI=1S/C23H17N5O3S/c29-19(18-11-6-12-24-18)14-32-23-26-25-21(31-23)20-16-9-4-5-10-17(16)22(30)28(27-20)13-15-7-2-1-3-8-15/h1-12,24H,13-14H2. The lowest BCUT2D eigenvalue weighted by Crippen LogP contribution is -2.24. The Hall–Kier alpha value is -3.98. The number of aromatic nitrogens is 5. The van der Waals surface area contributed by atoms with Gasteiger partial charge in [0.1, 0.15) is 0 Å². The third kappa shape index (κ3) is 3.97. The third-order valence-corrected chi connectivity index (χ3v) is 5.70. The largest absolute Gasteiger partial charge is 0.409 e. The minimum Gasteiger partial charge on any atom is -0.409 e. The van der Waals surface area contributed by atoms with Gasteiger partial charge >= 0.3 is 0 Å². The minimum atomic E-state index is -0.195. The van der Waals surface area contributed by atoms with Crippen molar-refractivity contribution < 1.29 is 9.21 Å². The average Bonchev–Trinajstić information content (AvgIpc) is 3.53. The molecule has 0 bridgehead atoms. The molecule has 0 radical (unpaired) electrons. The van der Waals surface area contributed by atoms with Gasteiger partial charge in [0, 0.05) is 11.6 Å². The zero-order chi connectivity index (χ0) is 21.9. The molecule has 0 saturated carbocycles. The van der Waals surface area contributed by atoms with E-state index in [0.717, 1.165) is 17.3 Å². The molecule has 1 N–H and O–H groups in total. The van der Waals surface area contributed by atoms with Gasteiger partial charge in [0.05, 0.1) is 23.4 Å². The van der Waals surface area contributed by atoms with Gasteiger partial charge in [-0.3, -0.25) is 9.59 Å². The molecular formula is C23H17N5O3S. The first-order chi connectivity index (χ1) is 15.7. The third-order valence-electron chi connectivity index (χ3n) is 4.88. The summed E-state index contributed by atoms with van der Waals surface area (Å²) in [6.45, 7) is 0.317. The van der Waals surface area contributed by atoms with Crippen LogP contribution < -0.4 is 5.56 Å². The molecule has 3 aromatic heterocycles. The highest BCUT2D eigenvalue weighted by Gasteiger charge is 2.18. The Labute approximate surface area is 186 Å². The number of carbonyl (C=O) groups excluding carboxylic acids is 1. The van der Waals surface area contributed by atoms with Gasteiger partial charge < -0.3 is 9.40 Å². The Kier molecular flexibility index (Phi) is 5.39. The number of ketones is 1. The number of thioether (sulfide) groups is 1. The molecule has 0 aliphatic carbocycles. The second kappa shape index (κ2) is 8.64. The van der Waals surface area contributed by atoms with Crippen LogP contribution in [0.2, 0.25) is 0 Å². The van der Waals surface area contributed by atoms with Gasteiger partial charge in [-0.1, -0.05) is 60.3 Å². The number of nitrogens with one attached hydrogen (secondary N) is 1. The summed E-state index contributed by atoms with van der Waals surface area (Å²) in [5, 5.41) is 14.1. The summed E-state index contributed by atoms with van der Waals surface area (Å²) in [7, 11) is 0. The lowest BCUT2D eigenvalue weighted by molar-refractivity contribution is 0.101. The van der Waals surface area contributed by atoms with Crippen molar-refractivity contribution in [2.45, 2.75) is 11.8 Å². The maximum atomic E-state index is 13.0. The smallest absolute Gasteiger partial charge is 0.277 e. The SMILES string of the molecule is O=C(CSc1nnc(-c2nn(Cc3ccccc3)c(=O)c3ccccc23)o1)c1ccc[nH]1. The van der Waals surface area contributed by atoms with Crippen molar-refractivity contribution in [1.29, 1.82) is 0 Å². The van der Waals surface area contributed by atoms with Crippen molar-refractivity contribution >= 4 is 28.3 Å². The first-order valence-electron chi connectivity index (χ1n) is 9.86. The monoisotopic (exact) mass is 443 g/mol. The second-order valence-electron chi connectivity index (χ2n) is 7.01. The minimum absolute atomic E-state index is 0.0697. The van der Waals surface area contributed by atoms with E-state index in [1.165, 1.54) is 4.68 Å². The highest BCUT2D eigenvalue weighted by atomic mass is 32.2. The van der Waals surface area contributed by atoms with E-state index in [1.807, 2.05) is 42.5 Å². The molecule has 0 amide bonds. The van der Waals surface area contributed by atoms with E-state index in [-0.39, 0.29) is 28.2 Å². The van der Waals surface area contributed by atoms with E-state index >= 15 is 0 Å². The van der Waals surface area contributed by atoms with Gasteiger partial charge in [-0.2, -0.15) is 5.10 Å². The van der Waals surface area contributed by atoms with Crippen LogP contribution in [-0.4, -0.2) is 36.5 Å². The van der Waals surface area contributed by atoms with Gasteiger partial charge in [-0.15, -0.1) is 10.2 Å². The molecule has 5 aromatic rings. The number of hydrogen-bond donors (Lipinski definition) is 1. The van der Waals surface area contributed by atoms with E-state index in [0.29, 0.717) is 28.7 Å². The van der Waals surface area contributed by atoms with Gasteiger partial charge in [-0.05, 0) is 23.8 Å². The van der Waals surface area contributed by atoms with E-state index < -0.39 is 0 Å². The van der Waals surface area contributed by atoms with Gasteiger partial charge in [-0.25, -0.2) is 4.68 Å². The zero-order valence-electron chi connectivity index (χ0n) is 16.8. The second-order valence-corrected chi connectivity index (χ2v) is 7.94. The summed E-state index contributed by atoms with van der Waals surface area (Å²) in [4.78, 5) is 28.1. The molecular weight excluding hydrogens is 426 g/mol. The first-order valence-corrected chi connectivity index (χ1v) is 10.8. The summed E-state index contributed by atoms with van der Waals surface area (Å²) in [6.07, 6.45) is 1.70. The highest BCUT2D eigenvalue weighted by molar-refractivity contribution is 7.99. The maximum absolute atomic E-state index is 13.0. The van der Waals surface area contributed by atoms with E-state index in [9.17, 15) is 9.59 Å². The topological polar surface area (TPSA) is 107 Å². The van der Waals surface area contributed by atoms with Crippen molar-refractivity contribution in [1.82, 2.24) is 25.0 Å². The normalized spacial score (nSPS) is 11.1. The van der Waals surface area contributed by atoms with Gasteiger partial charge in [0.2, 0.25) is 0 Å². The quantitative estimate of drug-likeness (QED) is 0.301. The van der Waals surface area contributed by atoms with Crippen molar-refractivity contribution in [3.63, 3.8) is 0 Å². The molecule has 0 fully saturated rings. The number of rotatable bonds is 7. The molecule has 0 atom stereocenters. The Morgan fingerprint density at radius 1 is 0.969 bits per heavy atom. The molecule has 0 saturated heterocycles. The molecule has 2 aromatic carbocycles. The van der Waals surface area contributed by atoms with E-state index in [4.69, 9.17) is 4.42 Å². The fourth-order valence-corrected chi connectivity index (χ4v) is 3.98. The van der Waals surface area contributed by atoms with Crippen LogP contribution in [0.25, 0.3) is 22.4 Å². The Bertz CT molecular complexity index is 1440. The first kappa shape index (κ1) is 20.0. The molecule has 0 aliphatic heterocycles. The average molecular weight is 443 g/mol. The van der Waals surface area contributed by atoms with Crippen LogP contribution in [0.4, 0.5) is 0 Å². The molecule has 8 nitrogen and oxygen atoms in total. The summed E-state index contributed by atoms with van der Waals surface area (Å²) in [5.74, 6) is 0.279. The maximum Gasteiger partial charge on any atom is 0.277 e. The number of hydrogen-bond acceptors (Lipinski definition) is 7. The number of Topliss-reactive ketones (excluding diaryl/α,β-unsaturated/α-hetero) is 1. The van der Waals surface area contributed by atoms with Gasteiger partial charge in [0.25, 0.3) is 16.7 Å². The van der Waals surface area contributed by atoms with Crippen molar-refractivity contribution in [3.05, 3.63) is 94.5 Å². The van der Waals surface area contributed by atoms with Crippen molar-refractivity contribution in [2.24, 2.45) is 0 Å². The molecule has 0 aliphatic rings. The number of fused-ring (bicyclic) bond motifs is 1. The Morgan fingerprint density at radius 2 is 1.75 bits per heavy atom. The summed E-state index contributed by atoms with van der Waals surface area (Å²) in [6, 6.07) is 20.3. The van der Waals surface area contributed by atoms with Crippen LogP contribution in [-0.2, 0) is 6.54 Å². The van der Waals surface area contributed by atoms with Crippen molar-refractivity contribution in [2.75, 3.05) is 5.75 Å². The predicted octanol–water partition coefficient (Wildman–Crippen LogP) is 3.80.